The van der Waals surface area contributed by atoms with Crippen LogP contribution in [0.5, 0.6) is 0 Å². The highest BCUT2D eigenvalue weighted by Crippen LogP contribution is 2.31. The zero-order valence-electron chi connectivity index (χ0n) is 12.7. The van der Waals surface area contributed by atoms with E-state index in [-0.39, 0.29) is 0 Å². The predicted molar refractivity (Wildman–Crippen MR) is 86.3 cm³/mol. The molecule has 4 heterocycles. The lowest BCUT2D eigenvalue weighted by Crippen LogP contribution is -2.40. The van der Waals surface area contributed by atoms with Gasteiger partial charge in [0, 0.05) is 42.2 Å². The van der Waals surface area contributed by atoms with Gasteiger partial charge in [0.1, 0.15) is 5.82 Å². The molecule has 6 heteroatoms. The molecule has 2 aliphatic rings. The Morgan fingerprint density at radius 3 is 2.78 bits per heavy atom. The Labute approximate surface area is 134 Å². The summed E-state index contributed by atoms with van der Waals surface area (Å²) in [7, 11) is 0. The fourth-order valence-corrected chi connectivity index (χ4v) is 3.10. The first-order valence-corrected chi connectivity index (χ1v) is 7.81. The molecule has 0 atom stereocenters. The van der Waals surface area contributed by atoms with Gasteiger partial charge in [-0.3, -0.25) is 9.88 Å². The van der Waals surface area contributed by atoms with Crippen LogP contribution in [-0.2, 0) is 11.2 Å². The maximum absolute atomic E-state index is 11.5. The first kappa shape index (κ1) is 14.1. The first-order chi connectivity index (χ1) is 11.2. The third kappa shape index (κ3) is 2.55. The summed E-state index contributed by atoms with van der Waals surface area (Å²) in [4.78, 5) is 21.9. The molecule has 23 heavy (non-hydrogen) atoms. The number of urea groups is 1. The number of aromatic nitrogens is 2. The number of carbonyl (C=O) groups excluding carboxylic acids is 1. The number of hydrogen-bond donors (Lipinski definition) is 1. The van der Waals surface area contributed by atoms with Gasteiger partial charge in [0.25, 0.3) is 0 Å². The van der Waals surface area contributed by atoms with E-state index in [2.05, 4.69) is 22.1 Å². The molecular weight excluding hydrogens is 292 g/mol. The Bertz CT molecular complexity index is 758. The second kappa shape index (κ2) is 5.62. The van der Waals surface area contributed by atoms with E-state index in [1.54, 1.807) is 11.1 Å². The Morgan fingerprint density at radius 1 is 1.22 bits per heavy atom. The summed E-state index contributed by atoms with van der Waals surface area (Å²) in [5.74, 6) is 1.13. The van der Waals surface area contributed by atoms with Crippen molar-refractivity contribution in [3.05, 3.63) is 41.9 Å². The fourth-order valence-electron chi connectivity index (χ4n) is 3.10. The molecule has 118 valence electrons. The monoisotopic (exact) mass is 310 g/mol. The summed E-state index contributed by atoms with van der Waals surface area (Å²) in [5.41, 5.74) is 9.75. The number of fused-ring (bicyclic) bond motifs is 1. The van der Waals surface area contributed by atoms with Crippen molar-refractivity contribution < 1.29 is 9.53 Å². The topological polar surface area (TPSA) is 81.3 Å². The normalized spacial score (nSPS) is 17.5. The van der Waals surface area contributed by atoms with E-state index in [9.17, 15) is 4.79 Å². The quantitative estimate of drug-likeness (QED) is 0.921. The Balaban J connectivity index is 1.69. The van der Waals surface area contributed by atoms with Crippen molar-refractivity contribution >= 4 is 11.8 Å². The Morgan fingerprint density at radius 2 is 2.04 bits per heavy atom. The van der Waals surface area contributed by atoms with E-state index in [1.807, 2.05) is 12.4 Å². The van der Waals surface area contributed by atoms with Crippen LogP contribution in [0, 0.1) is 0 Å². The third-order valence-corrected chi connectivity index (χ3v) is 4.49. The van der Waals surface area contributed by atoms with E-state index in [1.165, 1.54) is 5.56 Å². The average Bonchev–Trinajstić information content (AvgIpc) is 2.52. The Hall–Kier alpha value is -2.47. The molecule has 0 bridgehead atoms. The zero-order chi connectivity index (χ0) is 15.8. The molecule has 0 spiro atoms. The Kier molecular flexibility index (Phi) is 3.46. The van der Waals surface area contributed by atoms with Crippen LogP contribution >= 0.6 is 0 Å². The van der Waals surface area contributed by atoms with Gasteiger partial charge in [-0.25, -0.2) is 9.78 Å². The van der Waals surface area contributed by atoms with Gasteiger partial charge in [-0.15, -0.1) is 0 Å². The fraction of sp³-hybridized carbons (Fsp3) is 0.353. The summed E-state index contributed by atoms with van der Waals surface area (Å²) in [5, 5.41) is 0. The van der Waals surface area contributed by atoms with Crippen molar-refractivity contribution in [1.29, 1.82) is 0 Å². The maximum atomic E-state index is 11.5. The number of nitrogens with zero attached hydrogens (tertiary/aromatic N) is 3. The van der Waals surface area contributed by atoms with Gasteiger partial charge >= 0.3 is 6.03 Å². The van der Waals surface area contributed by atoms with Crippen molar-refractivity contribution in [2.24, 2.45) is 5.73 Å². The standard InChI is InChI=1S/C17H18N4O2/c18-17(22)21-3-1-2-11-4-14(8-20-16(11)21)12-5-13(7-19-6-12)15-9-23-10-15/h4-8,15H,1-3,9-10H2,(H2,18,22). The number of primary amides is 1. The van der Waals surface area contributed by atoms with Crippen molar-refractivity contribution in [3.63, 3.8) is 0 Å². The highest BCUT2D eigenvalue weighted by atomic mass is 16.5. The number of pyridine rings is 2. The van der Waals surface area contributed by atoms with E-state index in [0.29, 0.717) is 18.3 Å². The van der Waals surface area contributed by atoms with Gasteiger partial charge in [0.05, 0.1) is 13.2 Å². The largest absolute Gasteiger partial charge is 0.380 e. The van der Waals surface area contributed by atoms with Gasteiger partial charge in [-0.2, -0.15) is 0 Å². The van der Waals surface area contributed by atoms with E-state index in [4.69, 9.17) is 10.5 Å². The van der Waals surface area contributed by atoms with Crippen LogP contribution in [0.4, 0.5) is 10.6 Å². The molecule has 2 amide bonds. The van der Waals surface area contributed by atoms with Gasteiger partial charge in [-0.05, 0) is 36.1 Å². The highest BCUT2D eigenvalue weighted by molar-refractivity contribution is 5.91. The summed E-state index contributed by atoms with van der Waals surface area (Å²) < 4.78 is 5.25. The summed E-state index contributed by atoms with van der Waals surface area (Å²) >= 11 is 0. The van der Waals surface area contributed by atoms with Gasteiger partial charge in [-0.1, -0.05) is 0 Å². The molecule has 0 saturated carbocycles. The van der Waals surface area contributed by atoms with Gasteiger partial charge in [0.2, 0.25) is 0 Å². The van der Waals surface area contributed by atoms with Crippen molar-refractivity contribution in [2.45, 2.75) is 18.8 Å². The number of rotatable bonds is 2. The van der Waals surface area contributed by atoms with E-state index in [0.717, 1.165) is 42.7 Å². The number of amides is 2. The van der Waals surface area contributed by atoms with Crippen molar-refractivity contribution in [2.75, 3.05) is 24.7 Å². The molecule has 2 aliphatic heterocycles. The summed E-state index contributed by atoms with van der Waals surface area (Å²) in [6, 6.07) is 3.80. The van der Waals surface area contributed by atoms with Crippen molar-refractivity contribution in [1.82, 2.24) is 9.97 Å². The van der Waals surface area contributed by atoms with Gasteiger partial charge < -0.3 is 10.5 Å². The second-order valence-corrected chi connectivity index (χ2v) is 6.04. The molecular formula is C17H18N4O2. The smallest absolute Gasteiger partial charge is 0.320 e. The number of aryl methyl sites for hydroxylation is 1. The number of carbonyl (C=O) groups is 1. The molecule has 0 unspecified atom stereocenters. The SMILES string of the molecule is NC(=O)N1CCCc2cc(-c3cncc(C4COC4)c3)cnc21. The van der Waals surface area contributed by atoms with Crippen LogP contribution in [-0.4, -0.2) is 35.8 Å². The number of nitrogens with two attached hydrogens (primary N) is 1. The van der Waals surface area contributed by atoms with Crippen LogP contribution in [0.25, 0.3) is 11.1 Å². The summed E-state index contributed by atoms with van der Waals surface area (Å²) in [6.07, 6.45) is 7.35. The second-order valence-electron chi connectivity index (χ2n) is 6.04. The number of ether oxygens (including phenoxy) is 1. The number of anilines is 1. The van der Waals surface area contributed by atoms with E-state index < -0.39 is 6.03 Å². The molecule has 0 radical (unpaired) electrons. The summed E-state index contributed by atoms with van der Waals surface area (Å²) in [6.45, 7) is 2.16. The lowest BCUT2D eigenvalue weighted by Gasteiger charge is -2.27. The molecule has 2 N–H and O–H groups in total. The van der Waals surface area contributed by atoms with Crippen LogP contribution in [0.1, 0.15) is 23.5 Å². The third-order valence-electron chi connectivity index (χ3n) is 4.49. The molecule has 0 aliphatic carbocycles. The average molecular weight is 310 g/mol. The van der Waals surface area contributed by atoms with Crippen molar-refractivity contribution in [3.8, 4) is 11.1 Å². The molecule has 1 fully saturated rings. The molecule has 2 aromatic rings. The maximum Gasteiger partial charge on any atom is 0.320 e. The lowest BCUT2D eigenvalue weighted by atomic mass is 9.95. The lowest BCUT2D eigenvalue weighted by molar-refractivity contribution is 0.00831. The highest BCUT2D eigenvalue weighted by Gasteiger charge is 2.23. The predicted octanol–water partition coefficient (Wildman–Crippen LogP) is 2.09. The molecule has 6 nitrogen and oxygen atoms in total. The molecule has 2 aromatic heterocycles. The molecule has 1 saturated heterocycles. The molecule has 4 rings (SSSR count). The van der Waals surface area contributed by atoms with Crippen LogP contribution in [0.2, 0.25) is 0 Å². The van der Waals surface area contributed by atoms with E-state index >= 15 is 0 Å². The van der Waals surface area contributed by atoms with Crippen LogP contribution < -0.4 is 10.6 Å². The van der Waals surface area contributed by atoms with Crippen LogP contribution in [0.15, 0.2) is 30.7 Å². The molecule has 0 aromatic carbocycles. The van der Waals surface area contributed by atoms with Gasteiger partial charge in [0.15, 0.2) is 0 Å². The number of hydrogen-bond acceptors (Lipinski definition) is 4. The van der Waals surface area contributed by atoms with Crippen LogP contribution in [0.3, 0.4) is 0 Å². The minimum Gasteiger partial charge on any atom is -0.380 e. The minimum absolute atomic E-state index is 0.443. The zero-order valence-corrected chi connectivity index (χ0v) is 12.7. The minimum atomic E-state index is -0.445. The first-order valence-electron chi connectivity index (χ1n) is 7.81.